The zero-order valence-electron chi connectivity index (χ0n) is 12.3. The standard InChI is InChI=1S/C16H22N4/c1-3-5-15-16-6-4-9-19(16)10-11-20(15)12-14-7-8-17-13(2)18-14/h4,6-9,15H,3,5,10-12H2,1-2H3. The molecular formula is C16H22N4. The number of fused-ring (bicyclic) bond motifs is 1. The van der Waals surface area contributed by atoms with Gasteiger partial charge >= 0.3 is 0 Å². The Balaban J connectivity index is 1.82. The van der Waals surface area contributed by atoms with E-state index in [2.05, 4.69) is 44.7 Å². The molecule has 1 aliphatic heterocycles. The molecule has 0 aliphatic carbocycles. The van der Waals surface area contributed by atoms with Crippen LogP contribution in [0.3, 0.4) is 0 Å². The van der Waals surface area contributed by atoms with E-state index in [-0.39, 0.29) is 0 Å². The Bertz CT molecular complexity index is 575. The van der Waals surface area contributed by atoms with Gasteiger partial charge in [-0.1, -0.05) is 13.3 Å². The summed E-state index contributed by atoms with van der Waals surface area (Å²) < 4.78 is 2.39. The Hall–Kier alpha value is -1.68. The van der Waals surface area contributed by atoms with Crippen LogP contribution in [0.25, 0.3) is 0 Å². The van der Waals surface area contributed by atoms with Gasteiger partial charge in [0.1, 0.15) is 5.82 Å². The molecule has 0 bridgehead atoms. The molecule has 0 fully saturated rings. The maximum Gasteiger partial charge on any atom is 0.125 e. The predicted molar refractivity (Wildman–Crippen MR) is 79.3 cm³/mol. The van der Waals surface area contributed by atoms with Gasteiger partial charge in [-0.25, -0.2) is 9.97 Å². The van der Waals surface area contributed by atoms with E-state index in [1.165, 1.54) is 18.5 Å². The molecular weight excluding hydrogens is 248 g/mol. The van der Waals surface area contributed by atoms with Gasteiger partial charge in [0.05, 0.1) is 11.7 Å². The lowest BCUT2D eigenvalue weighted by atomic mass is 10.0. The predicted octanol–water partition coefficient (Wildman–Crippen LogP) is 2.94. The highest BCUT2D eigenvalue weighted by Crippen LogP contribution is 2.30. The fourth-order valence-electron chi connectivity index (χ4n) is 3.11. The highest BCUT2D eigenvalue weighted by Gasteiger charge is 2.26. The molecule has 1 unspecified atom stereocenters. The first-order valence-electron chi connectivity index (χ1n) is 7.45. The van der Waals surface area contributed by atoms with Gasteiger partial charge in [-0.3, -0.25) is 4.90 Å². The molecule has 2 aromatic heterocycles. The van der Waals surface area contributed by atoms with Crippen molar-refractivity contribution in [2.75, 3.05) is 6.54 Å². The van der Waals surface area contributed by atoms with E-state index in [9.17, 15) is 0 Å². The molecule has 0 spiro atoms. The summed E-state index contributed by atoms with van der Waals surface area (Å²) in [5, 5.41) is 0. The van der Waals surface area contributed by atoms with Crippen molar-refractivity contribution in [2.45, 2.75) is 45.8 Å². The van der Waals surface area contributed by atoms with Crippen LogP contribution in [0.2, 0.25) is 0 Å². The minimum Gasteiger partial charge on any atom is -0.349 e. The molecule has 0 amide bonds. The molecule has 0 saturated heterocycles. The zero-order chi connectivity index (χ0) is 13.9. The van der Waals surface area contributed by atoms with Gasteiger partial charge in [0.15, 0.2) is 0 Å². The van der Waals surface area contributed by atoms with Gasteiger partial charge in [0.25, 0.3) is 0 Å². The normalized spacial score (nSPS) is 19.0. The Morgan fingerprint density at radius 3 is 3.00 bits per heavy atom. The van der Waals surface area contributed by atoms with Crippen molar-refractivity contribution in [3.8, 4) is 0 Å². The maximum absolute atomic E-state index is 4.55. The zero-order valence-corrected chi connectivity index (χ0v) is 12.3. The van der Waals surface area contributed by atoms with E-state index >= 15 is 0 Å². The molecule has 0 aromatic carbocycles. The topological polar surface area (TPSA) is 34.0 Å². The molecule has 0 N–H and O–H groups in total. The summed E-state index contributed by atoms with van der Waals surface area (Å²) >= 11 is 0. The van der Waals surface area contributed by atoms with E-state index in [1.807, 2.05) is 19.2 Å². The fraction of sp³-hybridized carbons (Fsp3) is 0.500. The quantitative estimate of drug-likeness (QED) is 0.856. The van der Waals surface area contributed by atoms with Crippen molar-refractivity contribution in [1.82, 2.24) is 19.4 Å². The van der Waals surface area contributed by atoms with Crippen molar-refractivity contribution < 1.29 is 0 Å². The van der Waals surface area contributed by atoms with Crippen LogP contribution in [0.4, 0.5) is 0 Å². The van der Waals surface area contributed by atoms with Crippen molar-refractivity contribution in [1.29, 1.82) is 0 Å². The van der Waals surface area contributed by atoms with Gasteiger partial charge in [-0.05, 0) is 31.5 Å². The Morgan fingerprint density at radius 1 is 1.30 bits per heavy atom. The lowest BCUT2D eigenvalue weighted by Gasteiger charge is -2.36. The van der Waals surface area contributed by atoms with Crippen LogP contribution < -0.4 is 0 Å². The number of hydrogen-bond acceptors (Lipinski definition) is 3. The number of aryl methyl sites for hydroxylation is 1. The summed E-state index contributed by atoms with van der Waals surface area (Å²) in [4.78, 5) is 11.3. The molecule has 106 valence electrons. The van der Waals surface area contributed by atoms with Crippen molar-refractivity contribution >= 4 is 0 Å². The van der Waals surface area contributed by atoms with Crippen molar-refractivity contribution in [3.63, 3.8) is 0 Å². The number of rotatable bonds is 4. The van der Waals surface area contributed by atoms with Crippen LogP contribution in [0, 0.1) is 6.92 Å². The summed E-state index contributed by atoms with van der Waals surface area (Å²) in [6.45, 7) is 7.30. The molecule has 0 saturated carbocycles. The minimum atomic E-state index is 0.513. The Morgan fingerprint density at radius 2 is 2.20 bits per heavy atom. The second-order valence-electron chi connectivity index (χ2n) is 5.50. The molecule has 3 rings (SSSR count). The van der Waals surface area contributed by atoms with Crippen molar-refractivity contribution in [2.24, 2.45) is 0 Å². The first kappa shape index (κ1) is 13.3. The minimum absolute atomic E-state index is 0.513. The highest BCUT2D eigenvalue weighted by molar-refractivity contribution is 5.15. The van der Waals surface area contributed by atoms with Gasteiger partial charge < -0.3 is 4.57 Å². The number of nitrogens with zero attached hydrogens (tertiary/aromatic N) is 4. The van der Waals surface area contributed by atoms with Crippen LogP contribution in [0.15, 0.2) is 30.6 Å². The first-order valence-corrected chi connectivity index (χ1v) is 7.45. The molecule has 0 radical (unpaired) electrons. The average molecular weight is 270 g/mol. The molecule has 3 heterocycles. The van der Waals surface area contributed by atoms with E-state index in [0.29, 0.717) is 6.04 Å². The first-order chi connectivity index (χ1) is 9.78. The van der Waals surface area contributed by atoms with Crippen LogP contribution in [0.1, 0.15) is 43.0 Å². The third-order valence-corrected chi connectivity index (χ3v) is 4.04. The van der Waals surface area contributed by atoms with Gasteiger partial charge in [0.2, 0.25) is 0 Å². The maximum atomic E-state index is 4.55. The van der Waals surface area contributed by atoms with Crippen LogP contribution in [0.5, 0.6) is 0 Å². The van der Waals surface area contributed by atoms with Crippen LogP contribution in [-0.2, 0) is 13.1 Å². The lowest BCUT2D eigenvalue weighted by Crippen LogP contribution is -2.37. The SMILES string of the molecule is CCCC1c2cccn2CCN1Cc1ccnc(C)n1. The number of hydrogen-bond donors (Lipinski definition) is 0. The average Bonchev–Trinajstić information content (AvgIpc) is 2.90. The molecule has 1 atom stereocenters. The van der Waals surface area contributed by atoms with E-state index in [4.69, 9.17) is 0 Å². The third kappa shape index (κ3) is 2.61. The molecule has 4 nitrogen and oxygen atoms in total. The summed E-state index contributed by atoms with van der Waals surface area (Å²) in [5.41, 5.74) is 2.57. The second-order valence-corrected chi connectivity index (χ2v) is 5.50. The summed E-state index contributed by atoms with van der Waals surface area (Å²) in [6, 6.07) is 6.97. The molecule has 20 heavy (non-hydrogen) atoms. The fourth-order valence-corrected chi connectivity index (χ4v) is 3.11. The van der Waals surface area contributed by atoms with Crippen LogP contribution in [-0.4, -0.2) is 26.0 Å². The van der Waals surface area contributed by atoms with E-state index in [0.717, 1.165) is 31.2 Å². The molecule has 1 aliphatic rings. The Labute approximate surface area is 120 Å². The van der Waals surface area contributed by atoms with E-state index < -0.39 is 0 Å². The number of aromatic nitrogens is 3. The third-order valence-electron chi connectivity index (χ3n) is 4.04. The molecule has 2 aromatic rings. The van der Waals surface area contributed by atoms with Gasteiger partial charge in [0, 0.05) is 37.7 Å². The summed E-state index contributed by atoms with van der Waals surface area (Å²) in [5.74, 6) is 0.856. The van der Waals surface area contributed by atoms with Gasteiger partial charge in [-0.2, -0.15) is 0 Å². The lowest BCUT2D eigenvalue weighted by molar-refractivity contribution is 0.137. The Kier molecular flexibility index (Phi) is 3.83. The summed E-state index contributed by atoms with van der Waals surface area (Å²) in [7, 11) is 0. The second kappa shape index (κ2) is 5.75. The smallest absolute Gasteiger partial charge is 0.125 e. The largest absolute Gasteiger partial charge is 0.349 e. The highest BCUT2D eigenvalue weighted by atomic mass is 15.2. The van der Waals surface area contributed by atoms with E-state index in [1.54, 1.807) is 0 Å². The van der Waals surface area contributed by atoms with Crippen molar-refractivity contribution in [3.05, 3.63) is 47.8 Å². The molecule has 4 heteroatoms. The van der Waals surface area contributed by atoms with Crippen LogP contribution >= 0.6 is 0 Å². The van der Waals surface area contributed by atoms with Gasteiger partial charge in [-0.15, -0.1) is 0 Å². The summed E-state index contributed by atoms with van der Waals surface area (Å²) in [6.07, 6.45) is 6.46. The monoisotopic (exact) mass is 270 g/mol.